The second kappa shape index (κ2) is 12.8. The third kappa shape index (κ3) is 7.88. The third-order valence-electron chi connectivity index (χ3n) is 5.24. The lowest BCUT2D eigenvalue weighted by molar-refractivity contribution is -0.384. The fourth-order valence-electron chi connectivity index (χ4n) is 3.60. The van der Waals surface area contributed by atoms with Crippen molar-refractivity contribution in [3.05, 3.63) is 76.0 Å². The van der Waals surface area contributed by atoms with Crippen molar-refractivity contribution >= 4 is 35.5 Å². The number of carbonyl (C=O) groups excluding carboxylic acids is 4. The number of hydrogen-bond donors (Lipinski definition) is 2. The molecule has 1 atom stereocenters. The molecule has 1 aliphatic rings. The highest BCUT2D eigenvalue weighted by Crippen LogP contribution is 2.18. The number of para-hydroxylation sites is 1. The number of rotatable bonds is 10. The minimum atomic E-state index is -1.17. The molecule has 2 aromatic carbocycles. The van der Waals surface area contributed by atoms with E-state index in [2.05, 4.69) is 10.6 Å². The lowest BCUT2D eigenvalue weighted by Crippen LogP contribution is -2.58. The molecule has 0 radical (unpaired) electrons. The summed E-state index contributed by atoms with van der Waals surface area (Å²) in [6.45, 7) is 1.47. The summed E-state index contributed by atoms with van der Waals surface area (Å²) < 4.78 is 10.6. The van der Waals surface area contributed by atoms with Gasteiger partial charge in [-0.1, -0.05) is 30.3 Å². The number of nitrogens with zero attached hydrogens (tertiary/aromatic N) is 2. The number of ether oxygens (including phenoxy) is 2. The number of hydrogen-bond acceptors (Lipinski definition) is 8. The van der Waals surface area contributed by atoms with E-state index in [0.717, 1.165) is 0 Å². The molecule has 0 aromatic heterocycles. The average Bonchev–Trinajstić information content (AvgIpc) is 2.87. The lowest BCUT2D eigenvalue weighted by atomic mass is 10.1. The van der Waals surface area contributed by atoms with Crippen molar-refractivity contribution in [2.75, 3.05) is 26.3 Å². The van der Waals surface area contributed by atoms with Crippen LogP contribution in [0.15, 0.2) is 60.3 Å². The normalized spacial score (nSPS) is 15.4. The Morgan fingerprint density at radius 3 is 2.62 bits per heavy atom. The molecule has 12 heteroatoms. The van der Waals surface area contributed by atoms with Crippen LogP contribution in [0.25, 0.3) is 6.08 Å². The largest absolute Gasteiger partial charge is 0.490 e. The van der Waals surface area contributed by atoms with Crippen LogP contribution in [-0.4, -0.2) is 65.9 Å². The van der Waals surface area contributed by atoms with Gasteiger partial charge in [0, 0.05) is 32.1 Å². The fourth-order valence-corrected chi connectivity index (χ4v) is 3.60. The average molecular weight is 511 g/mol. The van der Waals surface area contributed by atoms with Crippen LogP contribution in [-0.2, 0) is 23.9 Å². The Morgan fingerprint density at radius 2 is 1.92 bits per heavy atom. The quantitative estimate of drug-likeness (QED) is 0.160. The van der Waals surface area contributed by atoms with Crippen LogP contribution in [0, 0.1) is 10.1 Å². The standard InChI is InChI=1S/C25H26N4O8/c1-17(30)27-21(15-18-6-5-7-19(14-18)29(34)35)25(33)28-11-10-26-24(32)22(28)16-23(31)37-13-12-36-20-8-3-2-4-9-20/h2-9,14-15,22H,10-13,16H2,1H3,(H,26,32)(H,27,30). The molecule has 1 saturated heterocycles. The summed E-state index contributed by atoms with van der Waals surface area (Å²) in [6, 6.07) is 13.3. The zero-order valence-electron chi connectivity index (χ0n) is 20.0. The molecule has 2 N–H and O–H groups in total. The molecule has 3 amide bonds. The molecule has 0 saturated carbocycles. The number of non-ortho nitro benzene ring substituents is 1. The highest BCUT2D eigenvalue weighted by Gasteiger charge is 2.36. The maximum absolute atomic E-state index is 13.4. The molecular weight excluding hydrogens is 484 g/mol. The zero-order chi connectivity index (χ0) is 26.8. The summed E-state index contributed by atoms with van der Waals surface area (Å²) in [5.41, 5.74) is -0.1000. The van der Waals surface area contributed by atoms with Crippen molar-refractivity contribution in [2.24, 2.45) is 0 Å². The van der Waals surface area contributed by atoms with Gasteiger partial charge in [0.15, 0.2) is 0 Å². The SMILES string of the molecule is CC(=O)NC(=Cc1cccc([N+](=O)[O-])c1)C(=O)N1CCNC(=O)C1CC(=O)OCCOc1ccccc1. The van der Waals surface area contributed by atoms with Crippen molar-refractivity contribution in [1.82, 2.24) is 15.5 Å². The first-order chi connectivity index (χ1) is 17.7. The summed E-state index contributed by atoms with van der Waals surface area (Å²) in [4.78, 5) is 61.8. The monoisotopic (exact) mass is 510 g/mol. The first-order valence-electron chi connectivity index (χ1n) is 11.4. The van der Waals surface area contributed by atoms with Gasteiger partial charge < -0.3 is 25.0 Å². The summed E-state index contributed by atoms with van der Waals surface area (Å²) in [5.74, 6) is -1.92. The van der Waals surface area contributed by atoms with Gasteiger partial charge in [0.2, 0.25) is 11.8 Å². The van der Waals surface area contributed by atoms with Crippen molar-refractivity contribution in [3.8, 4) is 5.75 Å². The molecule has 1 fully saturated rings. The smallest absolute Gasteiger partial charge is 0.308 e. The second-order valence-corrected chi connectivity index (χ2v) is 7.98. The molecule has 0 spiro atoms. The van der Waals surface area contributed by atoms with Gasteiger partial charge in [0.1, 0.15) is 30.7 Å². The highest BCUT2D eigenvalue weighted by atomic mass is 16.6. The Morgan fingerprint density at radius 1 is 1.16 bits per heavy atom. The maximum atomic E-state index is 13.4. The van der Waals surface area contributed by atoms with E-state index in [1.165, 1.54) is 42.2 Å². The van der Waals surface area contributed by atoms with E-state index in [9.17, 15) is 29.3 Å². The number of amides is 3. The highest BCUT2D eigenvalue weighted by molar-refractivity contribution is 6.03. The predicted octanol–water partition coefficient (Wildman–Crippen LogP) is 1.41. The molecular formula is C25H26N4O8. The van der Waals surface area contributed by atoms with Crippen LogP contribution >= 0.6 is 0 Å². The van der Waals surface area contributed by atoms with Crippen LogP contribution in [0.3, 0.4) is 0 Å². The van der Waals surface area contributed by atoms with E-state index in [4.69, 9.17) is 9.47 Å². The molecule has 194 valence electrons. The van der Waals surface area contributed by atoms with Gasteiger partial charge in [-0.15, -0.1) is 0 Å². The van der Waals surface area contributed by atoms with Crippen LogP contribution in [0.1, 0.15) is 18.9 Å². The minimum absolute atomic E-state index is 0.0557. The van der Waals surface area contributed by atoms with Gasteiger partial charge in [-0.3, -0.25) is 29.3 Å². The van der Waals surface area contributed by atoms with Crippen LogP contribution < -0.4 is 15.4 Å². The Bertz CT molecular complexity index is 1200. The number of esters is 1. The van der Waals surface area contributed by atoms with E-state index in [1.807, 2.05) is 6.07 Å². The van der Waals surface area contributed by atoms with Gasteiger partial charge in [-0.2, -0.15) is 0 Å². The van der Waals surface area contributed by atoms with Crippen molar-refractivity contribution < 1.29 is 33.6 Å². The first-order valence-corrected chi connectivity index (χ1v) is 11.4. The molecule has 37 heavy (non-hydrogen) atoms. The molecule has 1 heterocycles. The Labute approximate surface area is 212 Å². The summed E-state index contributed by atoms with van der Waals surface area (Å²) in [5, 5.41) is 16.1. The topological polar surface area (TPSA) is 157 Å². The minimum Gasteiger partial charge on any atom is -0.490 e. The maximum Gasteiger partial charge on any atom is 0.308 e. The van der Waals surface area contributed by atoms with E-state index in [-0.39, 0.29) is 37.7 Å². The molecule has 2 aromatic rings. The molecule has 1 aliphatic heterocycles. The Balaban J connectivity index is 1.70. The first kappa shape index (κ1) is 26.9. The van der Waals surface area contributed by atoms with Gasteiger partial charge in [-0.05, 0) is 23.8 Å². The zero-order valence-corrected chi connectivity index (χ0v) is 20.0. The van der Waals surface area contributed by atoms with E-state index in [0.29, 0.717) is 11.3 Å². The number of nitro groups is 1. The third-order valence-corrected chi connectivity index (χ3v) is 5.24. The number of nitrogens with one attached hydrogen (secondary N) is 2. The van der Waals surface area contributed by atoms with Gasteiger partial charge in [0.25, 0.3) is 11.6 Å². The Kier molecular flexibility index (Phi) is 9.30. The molecule has 0 aliphatic carbocycles. The van der Waals surface area contributed by atoms with Crippen LogP contribution in [0.4, 0.5) is 5.69 Å². The lowest BCUT2D eigenvalue weighted by Gasteiger charge is -2.35. The van der Waals surface area contributed by atoms with Crippen LogP contribution in [0.2, 0.25) is 0 Å². The predicted molar refractivity (Wildman–Crippen MR) is 131 cm³/mol. The van der Waals surface area contributed by atoms with Gasteiger partial charge in [0.05, 0.1) is 11.3 Å². The van der Waals surface area contributed by atoms with Crippen molar-refractivity contribution in [3.63, 3.8) is 0 Å². The second-order valence-electron chi connectivity index (χ2n) is 7.98. The summed E-state index contributed by atoms with van der Waals surface area (Å²) in [7, 11) is 0. The van der Waals surface area contributed by atoms with Crippen molar-refractivity contribution in [1.29, 1.82) is 0 Å². The molecule has 3 rings (SSSR count). The molecule has 0 bridgehead atoms. The van der Waals surface area contributed by atoms with E-state index >= 15 is 0 Å². The Hall–Kier alpha value is -4.74. The summed E-state index contributed by atoms with van der Waals surface area (Å²) in [6.07, 6.45) is 0.868. The van der Waals surface area contributed by atoms with E-state index < -0.39 is 41.1 Å². The van der Waals surface area contributed by atoms with Gasteiger partial charge >= 0.3 is 5.97 Å². The molecule has 12 nitrogen and oxygen atoms in total. The van der Waals surface area contributed by atoms with E-state index in [1.54, 1.807) is 24.3 Å². The number of piperazine rings is 1. The number of benzene rings is 2. The number of carbonyl (C=O) groups is 4. The fraction of sp³-hybridized carbons (Fsp3) is 0.280. The number of nitro benzene ring substituents is 1. The van der Waals surface area contributed by atoms with Gasteiger partial charge in [-0.25, -0.2) is 0 Å². The van der Waals surface area contributed by atoms with Crippen LogP contribution in [0.5, 0.6) is 5.75 Å². The summed E-state index contributed by atoms with van der Waals surface area (Å²) >= 11 is 0. The molecule has 1 unspecified atom stereocenters. The van der Waals surface area contributed by atoms with Crippen molar-refractivity contribution in [2.45, 2.75) is 19.4 Å².